The van der Waals surface area contributed by atoms with Gasteiger partial charge in [0.25, 0.3) is 0 Å². The Labute approximate surface area is 112 Å². The molecule has 0 saturated carbocycles. The lowest BCUT2D eigenvalue weighted by Crippen LogP contribution is -2.04. The number of ether oxygens (including phenoxy) is 1. The molecule has 19 heavy (non-hydrogen) atoms. The van der Waals surface area contributed by atoms with Gasteiger partial charge < -0.3 is 10.1 Å². The summed E-state index contributed by atoms with van der Waals surface area (Å²) in [5, 5.41) is 4.12. The number of nitrogens with zero attached hydrogens (tertiary/aromatic N) is 1. The zero-order chi connectivity index (χ0) is 13.8. The van der Waals surface area contributed by atoms with Gasteiger partial charge in [0.2, 0.25) is 0 Å². The van der Waals surface area contributed by atoms with Gasteiger partial charge in [0.15, 0.2) is 11.6 Å². The third-order valence-electron chi connectivity index (χ3n) is 2.97. The molecule has 0 fully saturated rings. The van der Waals surface area contributed by atoms with Crippen LogP contribution in [0.1, 0.15) is 26.3 Å². The molecule has 0 spiro atoms. The summed E-state index contributed by atoms with van der Waals surface area (Å²) in [4.78, 5) is 4.49. The first-order chi connectivity index (χ1) is 9.19. The molecule has 3 nitrogen and oxygen atoms in total. The Bertz CT molecular complexity index is 584. The van der Waals surface area contributed by atoms with Crippen molar-refractivity contribution in [1.82, 2.24) is 4.98 Å². The smallest absolute Gasteiger partial charge is 0.167 e. The normalized spacial score (nSPS) is 10.7. The van der Waals surface area contributed by atoms with Crippen molar-refractivity contribution in [2.24, 2.45) is 0 Å². The number of hydrogen-bond acceptors (Lipinski definition) is 3. The summed E-state index contributed by atoms with van der Waals surface area (Å²) in [7, 11) is 0. The molecule has 1 aromatic heterocycles. The van der Waals surface area contributed by atoms with Gasteiger partial charge in [0, 0.05) is 18.0 Å². The molecular weight excluding hydrogens is 243 g/mol. The standard InChI is InChI=1S/C15H19FN2O/c1-4-10-7-11-8-14(19-6-3)12(16)9-13(11)18-15(10)17-5-2/h7-9H,4-6H2,1-3H3,(H,17,18). The van der Waals surface area contributed by atoms with Crippen LogP contribution in [0, 0.1) is 5.82 Å². The number of aromatic nitrogens is 1. The lowest BCUT2D eigenvalue weighted by atomic mass is 10.1. The van der Waals surface area contributed by atoms with Crippen molar-refractivity contribution in [1.29, 1.82) is 0 Å². The molecule has 0 radical (unpaired) electrons. The van der Waals surface area contributed by atoms with Crippen LogP contribution in [0.25, 0.3) is 10.9 Å². The summed E-state index contributed by atoms with van der Waals surface area (Å²) in [5.74, 6) is 0.754. The fourth-order valence-corrected chi connectivity index (χ4v) is 2.08. The quantitative estimate of drug-likeness (QED) is 0.890. The van der Waals surface area contributed by atoms with Crippen molar-refractivity contribution in [3.8, 4) is 5.75 Å². The second kappa shape index (κ2) is 5.87. The van der Waals surface area contributed by atoms with Crippen LogP contribution in [0.15, 0.2) is 18.2 Å². The minimum atomic E-state index is -0.367. The maximum atomic E-state index is 13.8. The average Bonchev–Trinajstić information content (AvgIpc) is 2.40. The van der Waals surface area contributed by atoms with Crippen LogP contribution in [0.4, 0.5) is 10.2 Å². The van der Waals surface area contributed by atoms with Crippen LogP contribution in [-0.4, -0.2) is 18.1 Å². The Morgan fingerprint density at radius 1 is 1.21 bits per heavy atom. The molecule has 0 unspecified atom stereocenters. The number of rotatable bonds is 5. The molecule has 0 saturated heterocycles. The van der Waals surface area contributed by atoms with Crippen molar-refractivity contribution < 1.29 is 9.13 Å². The van der Waals surface area contributed by atoms with Gasteiger partial charge in [0.1, 0.15) is 5.82 Å². The first-order valence-electron chi connectivity index (χ1n) is 6.69. The van der Waals surface area contributed by atoms with E-state index in [1.165, 1.54) is 6.07 Å². The highest BCUT2D eigenvalue weighted by molar-refractivity contribution is 5.83. The lowest BCUT2D eigenvalue weighted by molar-refractivity contribution is 0.322. The molecule has 1 aromatic carbocycles. The first-order valence-corrected chi connectivity index (χ1v) is 6.69. The SMILES string of the molecule is CCNc1nc2cc(F)c(OCC)cc2cc1CC. The summed E-state index contributed by atoms with van der Waals surface area (Å²) < 4.78 is 19.1. The molecule has 0 bridgehead atoms. The zero-order valence-corrected chi connectivity index (χ0v) is 11.6. The van der Waals surface area contributed by atoms with Crippen molar-refractivity contribution in [3.05, 3.63) is 29.6 Å². The number of halogens is 1. The third kappa shape index (κ3) is 2.78. The van der Waals surface area contributed by atoms with Crippen molar-refractivity contribution in [2.45, 2.75) is 27.2 Å². The van der Waals surface area contributed by atoms with Crippen LogP contribution < -0.4 is 10.1 Å². The van der Waals surface area contributed by atoms with Crippen LogP contribution in [0.5, 0.6) is 5.75 Å². The van der Waals surface area contributed by atoms with E-state index in [1.807, 2.05) is 19.9 Å². The first kappa shape index (κ1) is 13.6. The van der Waals surface area contributed by atoms with Crippen molar-refractivity contribution in [2.75, 3.05) is 18.5 Å². The molecular formula is C15H19FN2O. The maximum absolute atomic E-state index is 13.8. The van der Waals surface area contributed by atoms with E-state index in [2.05, 4.69) is 17.2 Å². The Kier molecular flexibility index (Phi) is 4.20. The minimum Gasteiger partial charge on any atom is -0.491 e. The van der Waals surface area contributed by atoms with Gasteiger partial charge in [-0.15, -0.1) is 0 Å². The van der Waals surface area contributed by atoms with E-state index in [0.717, 1.165) is 29.7 Å². The molecule has 2 aromatic rings. The predicted octanol–water partition coefficient (Wildman–Crippen LogP) is 3.77. The monoisotopic (exact) mass is 262 g/mol. The molecule has 1 N–H and O–H groups in total. The molecule has 0 aliphatic carbocycles. The molecule has 0 aliphatic rings. The highest BCUT2D eigenvalue weighted by atomic mass is 19.1. The topological polar surface area (TPSA) is 34.2 Å². The van der Waals surface area contributed by atoms with E-state index in [1.54, 1.807) is 6.07 Å². The number of benzene rings is 1. The number of hydrogen-bond donors (Lipinski definition) is 1. The molecule has 4 heteroatoms. The van der Waals surface area contributed by atoms with Crippen LogP contribution in [0.3, 0.4) is 0 Å². The number of anilines is 1. The number of pyridine rings is 1. The second-order valence-corrected chi connectivity index (χ2v) is 4.29. The maximum Gasteiger partial charge on any atom is 0.167 e. The predicted molar refractivity (Wildman–Crippen MR) is 76.4 cm³/mol. The highest BCUT2D eigenvalue weighted by Crippen LogP contribution is 2.27. The summed E-state index contributed by atoms with van der Waals surface area (Å²) in [6.45, 7) is 7.19. The van der Waals surface area contributed by atoms with Crippen molar-refractivity contribution in [3.63, 3.8) is 0 Å². The van der Waals surface area contributed by atoms with E-state index in [9.17, 15) is 4.39 Å². The summed E-state index contributed by atoms with van der Waals surface area (Å²) in [5.41, 5.74) is 1.78. The van der Waals surface area contributed by atoms with Gasteiger partial charge in [-0.2, -0.15) is 0 Å². The van der Waals surface area contributed by atoms with Crippen LogP contribution in [0.2, 0.25) is 0 Å². The molecule has 102 valence electrons. The highest BCUT2D eigenvalue weighted by Gasteiger charge is 2.10. The third-order valence-corrected chi connectivity index (χ3v) is 2.97. The van der Waals surface area contributed by atoms with E-state index in [-0.39, 0.29) is 11.6 Å². The van der Waals surface area contributed by atoms with Gasteiger partial charge in [-0.25, -0.2) is 9.37 Å². The number of fused-ring (bicyclic) bond motifs is 1. The molecule has 1 heterocycles. The minimum absolute atomic E-state index is 0.287. The molecule has 0 atom stereocenters. The van der Waals surface area contributed by atoms with Gasteiger partial charge in [-0.1, -0.05) is 6.92 Å². The van der Waals surface area contributed by atoms with Gasteiger partial charge in [0.05, 0.1) is 12.1 Å². The lowest BCUT2D eigenvalue weighted by Gasteiger charge is -2.11. The average molecular weight is 262 g/mol. The van der Waals surface area contributed by atoms with Crippen molar-refractivity contribution >= 4 is 16.7 Å². The summed E-state index contributed by atoms with van der Waals surface area (Å²) in [6.07, 6.45) is 0.882. The molecule has 0 aliphatic heterocycles. The van der Waals surface area contributed by atoms with E-state index < -0.39 is 0 Å². The van der Waals surface area contributed by atoms with E-state index in [4.69, 9.17) is 4.74 Å². The molecule has 0 amide bonds. The second-order valence-electron chi connectivity index (χ2n) is 4.29. The van der Waals surface area contributed by atoms with E-state index in [0.29, 0.717) is 12.1 Å². The molecule has 2 rings (SSSR count). The largest absolute Gasteiger partial charge is 0.491 e. The number of nitrogens with one attached hydrogen (secondary N) is 1. The summed E-state index contributed by atoms with van der Waals surface area (Å²) >= 11 is 0. The fourth-order valence-electron chi connectivity index (χ4n) is 2.08. The fraction of sp³-hybridized carbons (Fsp3) is 0.400. The van der Waals surface area contributed by atoms with Gasteiger partial charge in [-0.05, 0) is 38.0 Å². The zero-order valence-electron chi connectivity index (χ0n) is 11.6. The Morgan fingerprint density at radius 2 is 2.00 bits per heavy atom. The number of aryl methyl sites for hydroxylation is 1. The van der Waals surface area contributed by atoms with Crippen LogP contribution >= 0.6 is 0 Å². The Hall–Kier alpha value is -1.84. The van der Waals surface area contributed by atoms with Crippen LogP contribution in [-0.2, 0) is 6.42 Å². The van der Waals surface area contributed by atoms with E-state index >= 15 is 0 Å². The summed E-state index contributed by atoms with van der Waals surface area (Å²) in [6, 6.07) is 5.19. The van der Waals surface area contributed by atoms with Gasteiger partial charge in [-0.3, -0.25) is 0 Å². The van der Waals surface area contributed by atoms with Gasteiger partial charge >= 0.3 is 0 Å². The Morgan fingerprint density at radius 3 is 2.63 bits per heavy atom. The Balaban J connectivity index is 2.57.